The van der Waals surface area contributed by atoms with E-state index in [9.17, 15) is 4.79 Å². The summed E-state index contributed by atoms with van der Waals surface area (Å²) in [6.07, 6.45) is 2.72. The third-order valence-corrected chi connectivity index (χ3v) is 4.17. The number of hydrogen-bond donors (Lipinski definition) is 2. The molecule has 0 aliphatic heterocycles. The summed E-state index contributed by atoms with van der Waals surface area (Å²) in [4.78, 5) is 12.0. The number of benzene rings is 1. The van der Waals surface area contributed by atoms with Crippen LogP contribution in [0.3, 0.4) is 0 Å². The average molecular weight is 281 g/mol. The lowest BCUT2D eigenvalue weighted by Gasteiger charge is -2.13. The first-order valence-electron chi connectivity index (χ1n) is 6.25. The lowest BCUT2D eigenvalue weighted by atomic mass is 10.1. The fourth-order valence-corrected chi connectivity index (χ4v) is 2.46. The molecule has 1 aromatic rings. The number of amides is 1. The molecule has 0 heterocycles. The molecule has 0 radical (unpaired) electrons. The molecule has 0 unspecified atom stereocenters. The van der Waals surface area contributed by atoms with Crippen LogP contribution in [0.4, 0.5) is 5.69 Å². The maximum Gasteiger partial charge on any atom is 0.224 e. The van der Waals surface area contributed by atoms with Crippen LogP contribution in [0.5, 0.6) is 11.5 Å². The summed E-state index contributed by atoms with van der Waals surface area (Å²) in [5.74, 6) is 2.05. The van der Waals surface area contributed by atoms with Crippen LogP contribution < -0.4 is 14.8 Å². The number of carbonyl (C=O) groups is 1. The number of rotatable bonds is 6. The maximum atomic E-state index is 12.0. The Labute approximate surface area is 118 Å². The molecule has 1 aromatic carbocycles. The van der Waals surface area contributed by atoms with Crippen LogP contribution in [0.1, 0.15) is 19.3 Å². The van der Waals surface area contributed by atoms with Gasteiger partial charge in [0.15, 0.2) is 11.5 Å². The summed E-state index contributed by atoms with van der Waals surface area (Å²) in [7, 11) is 3.16. The third kappa shape index (κ3) is 3.35. The van der Waals surface area contributed by atoms with Gasteiger partial charge in [-0.3, -0.25) is 4.79 Å². The largest absolute Gasteiger partial charge is 0.493 e. The van der Waals surface area contributed by atoms with E-state index < -0.39 is 0 Å². The Balaban J connectivity index is 2.00. The molecule has 104 valence electrons. The molecule has 4 nitrogen and oxygen atoms in total. The number of thiol groups is 1. The monoisotopic (exact) mass is 281 g/mol. The number of anilines is 1. The molecular weight excluding hydrogens is 262 g/mol. The highest BCUT2D eigenvalue weighted by molar-refractivity contribution is 7.80. The first-order chi connectivity index (χ1) is 9.12. The van der Waals surface area contributed by atoms with E-state index in [1.807, 2.05) is 0 Å². The lowest BCUT2D eigenvalue weighted by molar-refractivity contribution is -0.117. The number of ether oxygens (including phenoxy) is 2. The van der Waals surface area contributed by atoms with Gasteiger partial charge in [0.2, 0.25) is 5.91 Å². The van der Waals surface area contributed by atoms with Gasteiger partial charge in [-0.1, -0.05) is 0 Å². The molecule has 1 saturated carbocycles. The van der Waals surface area contributed by atoms with E-state index in [2.05, 4.69) is 17.9 Å². The van der Waals surface area contributed by atoms with Crippen LogP contribution in [0.2, 0.25) is 0 Å². The van der Waals surface area contributed by atoms with Crippen LogP contribution >= 0.6 is 12.6 Å². The van der Waals surface area contributed by atoms with E-state index >= 15 is 0 Å². The van der Waals surface area contributed by atoms with Crippen molar-refractivity contribution in [3.8, 4) is 11.5 Å². The van der Waals surface area contributed by atoms with Gasteiger partial charge in [0.05, 0.1) is 14.2 Å². The van der Waals surface area contributed by atoms with Gasteiger partial charge >= 0.3 is 0 Å². The minimum atomic E-state index is 0.0266. The van der Waals surface area contributed by atoms with Gasteiger partial charge in [-0.25, -0.2) is 0 Å². The Kier molecular flexibility index (Phi) is 4.24. The summed E-state index contributed by atoms with van der Waals surface area (Å²) < 4.78 is 10.4. The Hall–Kier alpha value is -1.36. The van der Waals surface area contributed by atoms with E-state index in [1.54, 1.807) is 32.4 Å². The van der Waals surface area contributed by atoms with Gasteiger partial charge in [-0.15, -0.1) is 0 Å². The average Bonchev–Trinajstić information content (AvgIpc) is 3.18. The zero-order valence-electron chi connectivity index (χ0n) is 11.2. The van der Waals surface area contributed by atoms with Crippen LogP contribution in [0, 0.1) is 5.41 Å². The molecule has 0 saturated heterocycles. The highest BCUT2D eigenvalue weighted by Crippen LogP contribution is 2.49. The van der Waals surface area contributed by atoms with Crippen molar-refractivity contribution in [1.29, 1.82) is 0 Å². The summed E-state index contributed by atoms with van der Waals surface area (Å²) in [5.41, 5.74) is 0.849. The Bertz CT molecular complexity index is 472. The van der Waals surface area contributed by atoms with Gasteiger partial charge in [0.25, 0.3) is 0 Å². The van der Waals surface area contributed by atoms with Crippen molar-refractivity contribution in [3.05, 3.63) is 18.2 Å². The number of methoxy groups -OCH3 is 2. The predicted octanol–water partition coefficient (Wildman–Crippen LogP) is 2.74. The number of hydrogen-bond acceptors (Lipinski definition) is 4. The zero-order chi connectivity index (χ0) is 13.9. The molecule has 2 rings (SSSR count). The Morgan fingerprint density at radius 3 is 2.53 bits per heavy atom. The molecule has 5 heteroatoms. The smallest absolute Gasteiger partial charge is 0.224 e. The molecule has 0 atom stereocenters. The van der Waals surface area contributed by atoms with Crippen molar-refractivity contribution in [1.82, 2.24) is 0 Å². The molecule has 0 spiro atoms. The second-order valence-corrected chi connectivity index (χ2v) is 5.27. The van der Waals surface area contributed by atoms with Crippen LogP contribution in [-0.2, 0) is 4.79 Å². The van der Waals surface area contributed by atoms with Crippen molar-refractivity contribution in [2.24, 2.45) is 5.41 Å². The van der Waals surface area contributed by atoms with Gasteiger partial charge in [0.1, 0.15) is 0 Å². The highest BCUT2D eigenvalue weighted by atomic mass is 32.1. The molecule has 1 fully saturated rings. The van der Waals surface area contributed by atoms with Gasteiger partial charge in [0, 0.05) is 18.2 Å². The standard InChI is InChI=1S/C14H19NO3S/c1-17-11-4-3-10(7-12(11)18-2)15-13(16)8-14(9-19)5-6-14/h3-4,7,19H,5-6,8-9H2,1-2H3,(H,15,16). The summed E-state index contributed by atoms with van der Waals surface area (Å²) in [6, 6.07) is 5.34. The van der Waals surface area contributed by atoms with Gasteiger partial charge in [-0.05, 0) is 36.1 Å². The van der Waals surface area contributed by atoms with Crippen molar-refractivity contribution in [2.45, 2.75) is 19.3 Å². The second-order valence-electron chi connectivity index (χ2n) is 4.95. The second kappa shape index (κ2) is 5.74. The van der Waals surface area contributed by atoms with Gasteiger partial charge < -0.3 is 14.8 Å². The van der Waals surface area contributed by atoms with Crippen molar-refractivity contribution in [2.75, 3.05) is 25.3 Å². The van der Waals surface area contributed by atoms with Crippen LogP contribution in [0.15, 0.2) is 18.2 Å². The summed E-state index contributed by atoms with van der Waals surface area (Å²) >= 11 is 4.31. The Morgan fingerprint density at radius 1 is 1.32 bits per heavy atom. The first kappa shape index (κ1) is 14.1. The molecule has 19 heavy (non-hydrogen) atoms. The highest BCUT2D eigenvalue weighted by Gasteiger charge is 2.42. The topological polar surface area (TPSA) is 47.6 Å². The van der Waals surface area contributed by atoms with E-state index in [0.717, 1.165) is 24.3 Å². The Morgan fingerprint density at radius 2 is 2.00 bits per heavy atom. The van der Waals surface area contributed by atoms with Gasteiger partial charge in [-0.2, -0.15) is 12.6 Å². The molecule has 0 aromatic heterocycles. The van der Waals surface area contributed by atoms with Crippen LogP contribution in [0.25, 0.3) is 0 Å². The molecule has 1 amide bonds. The third-order valence-electron chi connectivity index (χ3n) is 3.50. The van der Waals surface area contributed by atoms with E-state index in [1.165, 1.54) is 0 Å². The molecular formula is C14H19NO3S. The number of nitrogens with one attached hydrogen (secondary N) is 1. The summed E-state index contributed by atoms with van der Waals surface area (Å²) in [6.45, 7) is 0. The fraction of sp³-hybridized carbons (Fsp3) is 0.500. The SMILES string of the molecule is COc1ccc(NC(=O)CC2(CS)CC2)cc1OC. The molecule has 1 N–H and O–H groups in total. The first-order valence-corrected chi connectivity index (χ1v) is 6.88. The van der Waals surface area contributed by atoms with E-state index in [4.69, 9.17) is 9.47 Å². The quantitative estimate of drug-likeness (QED) is 0.788. The van der Waals surface area contributed by atoms with Crippen LogP contribution in [-0.4, -0.2) is 25.9 Å². The number of carbonyl (C=O) groups excluding carboxylic acids is 1. The van der Waals surface area contributed by atoms with Crippen molar-refractivity contribution < 1.29 is 14.3 Å². The molecule has 1 aliphatic carbocycles. The summed E-state index contributed by atoms with van der Waals surface area (Å²) in [5, 5.41) is 2.89. The zero-order valence-corrected chi connectivity index (χ0v) is 12.1. The lowest BCUT2D eigenvalue weighted by Crippen LogP contribution is -2.18. The predicted molar refractivity (Wildman–Crippen MR) is 78.3 cm³/mol. The van der Waals surface area contributed by atoms with E-state index in [-0.39, 0.29) is 11.3 Å². The van der Waals surface area contributed by atoms with Crippen molar-refractivity contribution in [3.63, 3.8) is 0 Å². The minimum Gasteiger partial charge on any atom is -0.493 e. The van der Waals surface area contributed by atoms with Crippen molar-refractivity contribution >= 4 is 24.2 Å². The molecule has 1 aliphatic rings. The minimum absolute atomic E-state index is 0.0266. The molecule has 0 bridgehead atoms. The maximum absolute atomic E-state index is 12.0. The fourth-order valence-electron chi connectivity index (χ4n) is 2.03. The normalized spacial score (nSPS) is 15.7. The van der Waals surface area contributed by atoms with E-state index in [0.29, 0.717) is 17.9 Å².